The van der Waals surface area contributed by atoms with Gasteiger partial charge in [-0.1, -0.05) is 168 Å². The lowest BCUT2D eigenvalue weighted by Gasteiger charge is -2.18. The fraction of sp³-hybridized carbons (Fsp3) is 1.00. The molecule has 0 aromatic rings. The molecule has 0 saturated carbocycles. The van der Waals surface area contributed by atoms with Gasteiger partial charge in [0.15, 0.2) is 0 Å². The van der Waals surface area contributed by atoms with Crippen LogP contribution in [0.5, 0.6) is 0 Å². The minimum atomic E-state index is -0.555. The van der Waals surface area contributed by atoms with Crippen LogP contribution in [0.2, 0.25) is 0 Å². The number of hydrogen-bond donors (Lipinski definition) is 3. The van der Waals surface area contributed by atoms with Crippen molar-refractivity contribution in [2.75, 3.05) is 0 Å². The summed E-state index contributed by atoms with van der Waals surface area (Å²) in [4.78, 5) is 0. The van der Waals surface area contributed by atoms with Crippen molar-refractivity contribution in [2.24, 2.45) is 0 Å². The van der Waals surface area contributed by atoms with Crippen LogP contribution in [0.4, 0.5) is 0 Å². The monoisotopic (exact) mass is 498 g/mol. The van der Waals surface area contributed by atoms with Crippen LogP contribution in [0.1, 0.15) is 194 Å². The van der Waals surface area contributed by atoms with Crippen LogP contribution in [0.3, 0.4) is 0 Å². The molecule has 0 spiro atoms. The summed E-state index contributed by atoms with van der Waals surface area (Å²) in [5.41, 5.74) is 0. The zero-order valence-corrected chi connectivity index (χ0v) is 24.3. The summed E-state index contributed by atoms with van der Waals surface area (Å²) in [6, 6.07) is 0. The molecule has 212 valence electrons. The standard InChI is InChI=1S/C32H67NO2/c1-3-5-7-9-10-11-12-13-14-15-16-17-18-19-20-21-22-23-24-26-28-30-32(35)33-31(34)29-27-25-8-6-4-2/h31-35H,3-30H2,1-2H3. The normalized spacial score (nSPS) is 13.4. The summed E-state index contributed by atoms with van der Waals surface area (Å²) in [5.74, 6) is 0. The number of nitrogens with one attached hydrogen (secondary N) is 1. The molecular formula is C32H67NO2. The lowest BCUT2D eigenvalue weighted by atomic mass is 10.0. The van der Waals surface area contributed by atoms with Crippen LogP contribution in [-0.2, 0) is 0 Å². The Morgan fingerprint density at radius 1 is 0.343 bits per heavy atom. The van der Waals surface area contributed by atoms with E-state index in [2.05, 4.69) is 19.2 Å². The van der Waals surface area contributed by atoms with Crippen molar-refractivity contribution in [3.05, 3.63) is 0 Å². The van der Waals surface area contributed by atoms with Gasteiger partial charge in [0.25, 0.3) is 0 Å². The zero-order chi connectivity index (χ0) is 25.7. The van der Waals surface area contributed by atoms with Gasteiger partial charge in [0.05, 0.1) is 0 Å². The first-order valence-electron chi connectivity index (χ1n) is 16.3. The molecule has 0 rings (SSSR count). The van der Waals surface area contributed by atoms with E-state index in [-0.39, 0.29) is 0 Å². The minimum absolute atomic E-state index is 0.554. The molecule has 0 aliphatic heterocycles. The van der Waals surface area contributed by atoms with Gasteiger partial charge in [-0.25, -0.2) is 0 Å². The smallest absolute Gasteiger partial charge is 0.106 e. The van der Waals surface area contributed by atoms with Crippen LogP contribution < -0.4 is 5.32 Å². The van der Waals surface area contributed by atoms with E-state index in [0.717, 1.165) is 25.7 Å². The largest absolute Gasteiger partial charge is 0.379 e. The average Bonchev–Trinajstić information content (AvgIpc) is 2.84. The maximum Gasteiger partial charge on any atom is 0.106 e. The Hall–Kier alpha value is -0.120. The lowest BCUT2D eigenvalue weighted by molar-refractivity contribution is 0.0310. The predicted octanol–water partition coefficient (Wildman–Crippen LogP) is 10.2. The van der Waals surface area contributed by atoms with Gasteiger partial charge in [-0.3, -0.25) is 5.32 Å². The minimum Gasteiger partial charge on any atom is -0.379 e. The highest BCUT2D eigenvalue weighted by molar-refractivity contribution is 4.60. The molecule has 0 aliphatic rings. The lowest BCUT2D eigenvalue weighted by Crippen LogP contribution is -2.38. The second-order valence-corrected chi connectivity index (χ2v) is 11.3. The number of aliphatic hydroxyl groups is 2. The Balaban J connectivity index is 3.18. The molecule has 0 fully saturated rings. The van der Waals surface area contributed by atoms with Gasteiger partial charge >= 0.3 is 0 Å². The highest BCUT2D eigenvalue weighted by atomic mass is 16.3. The first kappa shape index (κ1) is 34.9. The predicted molar refractivity (Wildman–Crippen MR) is 156 cm³/mol. The molecule has 2 atom stereocenters. The van der Waals surface area contributed by atoms with Gasteiger partial charge < -0.3 is 10.2 Å². The molecular weight excluding hydrogens is 430 g/mol. The van der Waals surface area contributed by atoms with Gasteiger partial charge in [0.2, 0.25) is 0 Å². The van der Waals surface area contributed by atoms with Crippen LogP contribution in [-0.4, -0.2) is 22.7 Å². The van der Waals surface area contributed by atoms with Crippen LogP contribution in [0.15, 0.2) is 0 Å². The summed E-state index contributed by atoms with van der Waals surface area (Å²) in [7, 11) is 0. The molecule has 0 bridgehead atoms. The number of unbranched alkanes of at least 4 members (excludes halogenated alkanes) is 24. The van der Waals surface area contributed by atoms with Crippen molar-refractivity contribution in [3.63, 3.8) is 0 Å². The van der Waals surface area contributed by atoms with Gasteiger partial charge in [0.1, 0.15) is 12.5 Å². The first-order valence-corrected chi connectivity index (χ1v) is 16.3. The van der Waals surface area contributed by atoms with E-state index in [0.29, 0.717) is 0 Å². The fourth-order valence-corrected chi connectivity index (χ4v) is 5.10. The Morgan fingerprint density at radius 3 is 0.771 bits per heavy atom. The summed E-state index contributed by atoms with van der Waals surface area (Å²) in [6.07, 6.45) is 35.7. The first-order chi connectivity index (χ1) is 17.2. The van der Waals surface area contributed by atoms with Crippen molar-refractivity contribution in [2.45, 2.75) is 206 Å². The van der Waals surface area contributed by atoms with Crippen molar-refractivity contribution < 1.29 is 10.2 Å². The van der Waals surface area contributed by atoms with E-state index in [1.54, 1.807) is 0 Å². The zero-order valence-electron chi connectivity index (χ0n) is 24.3. The quantitative estimate of drug-likeness (QED) is 0.0683. The summed E-state index contributed by atoms with van der Waals surface area (Å²) in [6.45, 7) is 4.51. The van der Waals surface area contributed by atoms with E-state index in [9.17, 15) is 10.2 Å². The van der Waals surface area contributed by atoms with E-state index in [1.165, 1.54) is 154 Å². The topological polar surface area (TPSA) is 52.5 Å². The maximum atomic E-state index is 10.0. The third kappa shape index (κ3) is 30.0. The Bertz CT molecular complexity index is 377. The van der Waals surface area contributed by atoms with Crippen molar-refractivity contribution in [3.8, 4) is 0 Å². The summed E-state index contributed by atoms with van der Waals surface area (Å²) >= 11 is 0. The van der Waals surface area contributed by atoms with Crippen LogP contribution in [0, 0.1) is 0 Å². The van der Waals surface area contributed by atoms with Gasteiger partial charge in [-0.2, -0.15) is 0 Å². The number of aliphatic hydroxyl groups excluding tert-OH is 2. The van der Waals surface area contributed by atoms with Crippen molar-refractivity contribution >= 4 is 0 Å². The van der Waals surface area contributed by atoms with Crippen LogP contribution >= 0.6 is 0 Å². The highest BCUT2D eigenvalue weighted by Crippen LogP contribution is 2.15. The average molecular weight is 498 g/mol. The van der Waals surface area contributed by atoms with Gasteiger partial charge in [-0.05, 0) is 25.7 Å². The molecule has 0 radical (unpaired) electrons. The summed E-state index contributed by atoms with van der Waals surface area (Å²) in [5, 5.41) is 23.0. The second kappa shape index (κ2) is 30.1. The van der Waals surface area contributed by atoms with Crippen molar-refractivity contribution in [1.82, 2.24) is 5.32 Å². The molecule has 3 N–H and O–H groups in total. The van der Waals surface area contributed by atoms with E-state index >= 15 is 0 Å². The Morgan fingerprint density at radius 2 is 0.543 bits per heavy atom. The molecule has 0 aromatic carbocycles. The molecule has 0 heterocycles. The summed E-state index contributed by atoms with van der Waals surface area (Å²) < 4.78 is 0. The van der Waals surface area contributed by atoms with Gasteiger partial charge in [-0.15, -0.1) is 0 Å². The number of rotatable bonds is 30. The third-order valence-corrected chi connectivity index (χ3v) is 7.55. The molecule has 3 heteroatoms. The molecule has 0 aliphatic carbocycles. The Kier molecular flexibility index (Phi) is 30.0. The van der Waals surface area contributed by atoms with Crippen molar-refractivity contribution in [1.29, 1.82) is 0 Å². The molecule has 35 heavy (non-hydrogen) atoms. The van der Waals surface area contributed by atoms with Crippen LogP contribution in [0.25, 0.3) is 0 Å². The molecule has 0 saturated heterocycles. The molecule has 3 nitrogen and oxygen atoms in total. The van der Waals surface area contributed by atoms with E-state index < -0.39 is 12.5 Å². The van der Waals surface area contributed by atoms with E-state index in [1.807, 2.05) is 0 Å². The maximum absolute atomic E-state index is 10.0. The van der Waals surface area contributed by atoms with Gasteiger partial charge in [0, 0.05) is 0 Å². The fourth-order valence-electron chi connectivity index (χ4n) is 5.10. The molecule has 2 unspecified atom stereocenters. The Labute approximate surface area is 221 Å². The third-order valence-electron chi connectivity index (χ3n) is 7.55. The highest BCUT2D eigenvalue weighted by Gasteiger charge is 2.09. The van der Waals surface area contributed by atoms with E-state index in [4.69, 9.17) is 0 Å². The SMILES string of the molecule is CCCCCCCCCCCCCCCCCCCCCCCC(O)NC(O)CCCCCCC. The molecule has 0 amide bonds. The number of hydrogen-bond acceptors (Lipinski definition) is 3. The molecule has 0 aromatic heterocycles. The second-order valence-electron chi connectivity index (χ2n) is 11.3.